The van der Waals surface area contributed by atoms with E-state index in [2.05, 4.69) is 0 Å². The fourth-order valence-corrected chi connectivity index (χ4v) is 2.71. The van der Waals surface area contributed by atoms with Gasteiger partial charge in [0.05, 0.1) is 18.6 Å². The molecule has 1 heterocycles. The first-order valence-electron chi connectivity index (χ1n) is 6.67. The van der Waals surface area contributed by atoms with E-state index in [9.17, 15) is 9.90 Å². The molecule has 0 aliphatic carbocycles. The van der Waals surface area contributed by atoms with Gasteiger partial charge in [0.2, 0.25) is 5.91 Å². The zero-order valence-electron chi connectivity index (χ0n) is 11.7. The molecule has 104 valence electrons. The summed E-state index contributed by atoms with van der Waals surface area (Å²) in [5, 5.41) is 10.3. The number of nitrogens with zero attached hydrogens (tertiary/aromatic N) is 1. The third-order valence-electron chi connectivity index (χ3n) is 3.95. The molecule has 19 heavy (non-hydrogen) atoms. The number of hydrogen-bond acceptors (Lipinski definition) is 3. The molecule has 2 rings (SSSR count). The Morgan fingerprint density at radius 1 is 1.42 bits per heavy atom. The molecule has 4 nitrogen and oxygen atoms in total. The van der Waals surface area contributed by atoms with Crippen molar-refractivity contribution < 1.29 is 14.6 Å². The van der Waals surface area contributed by atoms with E-state index in [4.69, 9.17) is 4.74 Å². The van der Waals surface area contributed by atoms with Crippen molar-refractivity contribution in [3.05, 3.63) is 24.3 Å². The van der Waals surface area contributed by atoms with Crippen molar-refractivity contribution in [3.63, 3.8) is 0 Å². The minimum Gasteiger partial charge on any atom is -0.497 e. The molecule has 1 amide bonds. The maximum atomic E-state index is 12.5. The summed E-state index contributed by atoms with van der Waals surface area (Å²) >= 11 is 0. The van der Waals surface area contributed by atoms with E-state index in [1.54, 1.807) is 18.9 Å². The number of piperidine rings is 1. The molecule has 1 fully saturated rings. The lowest BCUT2D eigenvalue weighted by Gasteiger charge is -2.41. The smallest absolute Gasteiger partial charge is 0.232 e. The minimum atomic E-state index is -0.894. The number of aliphatic hydroxyl groups is 1. The normalized spacial score (nSPS) is 27.5. The highest BCUT2D eigenvalue weighted by Crippen LogP contribution is 2.34. The molecule has 0 saturated carbocycles. The van der Waals surface area contributed by atoms with Crippen LogP contribution in [0.3, 0.4) is 0 Å². The molecule has 4 heteroatoms. The van der Waals surface area contributed by atoms with Crippen LogP contribution < -0.4 is 9.64 Å². The van der Waals surface area contributed by atoms with E-state index in [0.29, 0.717) is 19.4 Å². The average molecular weight is 263 g/mol. The summed E-state index contributed by atoms with van der Waals surface area (Å²) < 4.78 is 5.12. The number of hydrogen-bond donors (Lipinski definition) is 1. The highest BCUT2D eigenvalue weighted by atomic mass is 16.5. The fraction of sp³-hybridized carbons (Fsp3) is 0.533. The summed E-state index contributed by atoms with van der Waals surface area (Å²) in [6.45, 7) is 4.24. The van der Waals surface area contributed by atoms with Crippen molar-refractivity contribution in [1.29, 1.82) is 0 Å². The van der Waals surface area contributed by atoms with Crippen LogP contribution >= 0.6 is 0 Å². The summed E-state index contributed by atoms with van der Waals surface area (Å²) in [6, 6.07) is 7.44. The van der Waals surface area contributed by atoms with Gasteiger partial charge in [-0.25, -0.2) is 0 Å². The molecule has 1 N–H and O–H groups in total. The van der Waals surface area contributed by atoms with E-state index < -0.39 is 5.60 Å². The number of ether oxygens (including phenoxy) is 1. The molecular formula is C15H21NO3. The van der Waals surface area contributed by atoms with Crippen LogP contribution in [-0.4, -0.2) is 30.3 Å². The maximum Gasteiger partial charge on any atom is 0.232 e. The van der Waals surface area contributed by atoms with Crippen LogP contribution in [-0.2, 0) is 4.79 Å². The van der Waals surface area contributed by atoms with Crippen molar-refractivity contribution in [2.24, 2.45) is 5.92 Å². The molecule has 2 atom stereocenters. The molecule has 1 aliphatic rings. The molecule has 1 aromatic rings. The SMILES string of the molecule is CC[C@H]1C(=O)N(c2ccc(OC)cc2)CC[C@@]1(C)O. The Bertz CT molecular complexity index is 453. The van der Waals surface area contributed by atoms with Gasteiger partial charge in [0.15, 0.2) is 0 Å². The molecule has 0 bridgehead atoms. The van der Waals surface area contributed by atoms with E-state index in [0.717, 1.165) is 11.4 Å². The van der Waals surface area contributed by atoms with Crippen LogP contribution in [0.1, 0.15) is 26.7 Å². The van der Waals surface area contributed by atoms with Gasteiger partial charge in [-0.2, -0.15) is 0 Å². The third kappa shape index (κ3) is 2.59. The zero-order chi connectivity index (χ0) is 14.0. The molecular weight excluding hydrogens is 242 g/mol. The van der Waals surface area contributed by atoms with Gasteiger partial charge >= 0.3 is 0 Å². The number of anilines is 1. The first-order chi connectivity index (χ1) is 8.99. The standard InChI is InChI=1S/C15H21NO3/c1-4-13-14(17)16(10-9-15(13,2)18)11-5-7-12(19-3)8-6-11/h5-8,13,18H,4,9-10H2,1-3H3/t13-,15+/m0/s1. The second-order valence-electron chi connectivity index (χ2n) is 5.26. The lowest BCUT2D eigenvalue weighted by Crippen LogP contribution is -2.54. The van der Waals surface area contributed by atoms with E-state index in [1.165, 1.54) is 0 Å². The predicted octanol–water partition coefficient (Wildman–Crippen LogP) is 2.21. The molecule has 1 aromatic carbocycles. The Morgan fingerprint density at radius 3 is 2.58 bits per heavy atom. The van der Waals surface area contributed by atoms with E-state index in [-0.39, 0.29) is 11.8 Å². The van der Waals surface area contributed by atoms with Gasteiger partial charge in [0, 0.05) is 12.2 Å². The van der Waals surface area contributed by atoms with Crippen molar-refractivity contribution >= 4 is 11.6 Å². The molecule has 0 radical (unpaired) electrons. The molecule has 0 aromatic heterocycles. The first-order valence-corrected chi connectivity index (χ1v) is 6.67. The second-order valence-corrected chi connectivity index (χ2v) is 5.26. The van der Waals surface area contributed by atoms with Crippen LogP contribution in [0, 0.1) is 5.92 Å². The lowest BCUT2D eigenvalue weighted by atomic mass is 9.80. The highest BCUT2D eigenvalue weighted by molar-refractivity contribution is 5.96. The number of methoxy groups -OCH3 is 1. The number of rotatable bonds is 3. The summed E-state index contributed by atoms with van der Waals surface area (Å²) in [4.78, 5) is 14.2. The van der Waals surface area contributed by atoms with Crippen LogP contribution in [0.15, 0.2) is 24.3 Å². The Balaban J connectivity index is 2.23. The quantitative estimate of drug-likeness (QED) is 0.909. The summed E-state index contributed by atoms with van der Waals surface area (Å²) in [6.07, 6.45) is 1.25. The van der Waals surface area contributed by atoms with Crippen molar-refractivity contribution in [2.45, 2.75) is 32.3 Å². The first kappa shape index (κ1) is 13.9. The molecule has 0 spiro atoms. The van der Waals surface area contributed by atoms with Gasteiger partial charge < -0.3 is 14.7 Å². The third-order valence-corrected chi connectivity index (χ3v) is 3.95. The number of amides is 1. The van der Waals surface area contributed by atoms with E-state index >= 15 is 0 Å². The van der Waals surface area contributed by atoms with Gasteiger partial charge in [-0.1, -0.05) is 6.92 Å². The minimum absolute atomic E-state index is 0.00363. The average Bonchev–Trinajstić information content (AvgIpc) is 2.39. The number of benzene rings is 1. The second kappa shape index (κ2) is 5.21. The predicted molar refractivity (Wildman–Crippen MR) is 74.4 cm³/mol. The van der Waals surface area contributed by atoms with Crippen LogP contribution in [0.2, 0.25) is 0 Å². The summed E-state index contributed by atoms with van der Waals surface area (Å²) in [7, 11) is 1.62. The van der Waals surface area contributed by atoms with Gasteiger partial charge in [-0.15, -0.1) is 0 Å². The van der Waals surface area contributed by atoms with Crippen LogP contribution in [0.5, 0.6) is 5.75 Å². The number of carbonyl (C=O) groups excluding carboxylic acids is 1. The maximum absolute atomic E-state index is 12.5. The number of carbonyl (C=O) groups is 1. The van der Waals surface area contributed by atoms with Crippen molar-refractivity contribution in [3.8, 4) is 5.75 Å². The molecule has 0 unspecified atom stereocenters. The Morgan fingerprint density at radius 2 is 2.05 bits per heavy atom. The largest absolute Gasteiger partial charge is 0.497 e. The van der Waals surface area contributed by atoms with Crippen LogP contribution in [0.4, 0.5) is 5.69 Å². The van der Waals surface area contributed by atoms with Gasteiger partial charge in [-0.05, 0) is 44.0 Å². The Kier molecular flexibility index (Phi) is 3.80. The fourth-order valence-electron chi connectivity index (χ4n) is 2.71. The highest BCUT2D eigenvalue weighted by Gasteiger charge is 2.42. The van der Waals surface area contributed by atoms with E-state index in [1.807, 2.05) is 31.2 Å². The van der Waals surface area contributed by atoms with Gasteiger partial charge in [0.25, 0.3) is 0 Å². The van der Waals surface area contributed by atoms with Gasteiger partial charge in [0.1, 0.15) is 5.75 Å². The Labute approximate surface area is 114 Å². The topological polar surface area (TPSA) is 49.8 Å². The zero-order valence-corrected chi connectivity index (χ0v) is 11.7. The molecule has 1 saturated heterocycles. The van der Waals surface area contributed by atoms with Crippen LogP contribution in [0.25, 0.3) is 0 Å². The molecule has 1 aliphatic heterocycles. The monoisotopic (exact) mass is 263 g/mol. The lowest BCUT2D eigenvalue weighted by molar-refractivity contribution is -0.135. The van der Waals surface area contributed by atoms with Crippen molar-refractivity contribution in [1.82, 2.24) is 0 Å². The Hall–Kier alpha value is -1.55. The summed E-state index contributed by atoms with van der Waals surface area (Å²) in [5.74, 6) is 0.444. The van der Waals surface area contributed by atoms with Crippen molar-refractivity contribution in [2.75, 3.05) is 18.6 Å². The van der Waals surface area contributed by atoms with Gasteiger partial charge in [-0.3, -0.25) is 4.79 Å². The summed E-state index contributed by atoms with van der Waals surface area (Å²) in [5.41, 5.74) is -0.0332.